The van der Waals surface area contributed by atoms with Crippen LogP contribution in [0.15, 0.2) is 41.3 Å². The highest BCUT2D eigenvalue weighted by Gasteiger charge is 2.29. The van der Waals surface area contributed by atoms with Crippen molar-refractivity contribution in [3.63, 3.8) is 0 Å². The number of nitrogens with zero attached hydrogens (tertiary/aromatic N) is 1. The average molecular weight is 425 g/mol. The van der Waals surface area contributed by atoms with E-state index >= 15 is 0 Å². The molecule has 134 valence electrons. The van der Waals surface area contributed by atoms with Crippen molar-refractivity contribution in [3.8, 4) is 5.75 Å². The molecule has 0 fully saturated rings. The van der Waals surface area contributed by atoms with Crippen molar-refractivity contribution in [2.24, 2.45) is 0 Å². The van der Waals surface area contributed by atoms with E-state index in [9.17, 15) is 13.2 Å². The van der Waals surface area contributed by atoms with Crippen LogP contribution in [0.4, 0.5) is 5.69 Å². The Morgan fingerprint density at radius 2 is 1.80 bits per heavy atom. The maximum absolute atomic E-state index is 13.0. The van der Waals surface area contributed by atoms with Crippen LogP contribution in [0.1, 0.15) is 0 Å². The number of halogens is 3. The first-order valence-corrected chi connectivity index (χ1v) is 9.27. The van der Waals surface area contributed by atoms with Gasteiger partial charge in [-0.05, 0) is 36.4 Å². The van der Waals surface area contributed by atoms with Crippen molar-refractivity contribution >= 4 is 56.5 Å². The summed E-state index contributed by atoms with van der Waals surface area (Å²) in [6.45, 7) is -0.826. The second-order valence-corrected chi connectivity index (χ2v) is 7.88. The molecule has 6 nitrogen and oxygen atoms in total. The minimum atomic E-state index is -4.30. The normalized spacial score (nSPS) is 11.2. The number of anilines is 1. The fourth-order valence-electron chi connectivity index (χ4n) is 2.04. The van der Waals surface area contributed by atoms with Crippen LogP contribution in [0.2, 0.25) is 15.1 Å². The summed E-state index contributed by atoms with van der Waals surface area (Å²) in [6, 6.07) is 8.00. The summed E-state index contributed by atoms with van der Waals surface area (Å²) in [5.74, 6) is -1.03. The van der Waals surface area contributed by atoms with Gasteiger partial charge < -0.3 is 9.84 Å². The zero-order valence-corrected chi connectivity index (χ0v) is 15.8. The SMILES string of the molecule is COc1ccc(N(CC(=O)O)S(=O)(=O)c2cc(Cl)ccc2Cl)cc1Cl. The molecule has 0 unspecified atom stereocenters. The van der Waals surface area contributed by atoms with E-state index in [1.807, 2.05) is 0 Å². The molecular formula is C15H12Cl3NO5S. The van der Waals surface area contributed by atoms with Gasteiger partial charge in [0.2, 0.25) is 0 Å². The highest BCUT2D eigenvalue weighted by Crippen LogP contribution is 2.34. The summed E-state index contributed by atoms with van der Waals surface area (Å²) in [5, 5.41) is 9.31. The Morgan fingerprint density at radius 3 is 2.36 bits per heavy atom. The summed E-state index contributed by atoms with van der Waals surface area (Å²) in [6.07, 6.45) is 0. The molecule has 2 rings (SSSR count). The van der Waals surface area contributed by atoms with Crippen molar-refractivity contribution in [1.82, 2.24) is 0 Å². The predicted octanol–water partition coefficient (Wildman–Crippen LogP) is 3.94. The van der Waals surface area contributed by atoms with Gasteiger partial charge in [-0.15, -0.1) is 0 Å². The first kappa shape index (κ1) is 19.7. The number of aliphatic carboxylic acids is 1. The molecule has 0 bridgehead atoms. The van der Waals surface area contributed by atoms with Crippen molar-refractivity contribution in [3.05, 3.63) is 51.5 Å². The third-order valence-electron chi connectivity index (χ3n) is 3.16. The standard InChI is InChI=1S/C15H12Cl3NO5S/c1-24-13-5-3-10(7-12(13)18)19(8-15(20)21)25(22,23)14-6-9(16)2-4-11(14)17/h2-7H,8H2,1H3,(H,20,21). The van der Waals surface area contributed by atoms with E-state index in [0.717, 1.165) is 6.07 Å². The topological polar surface area (TPSA) is 83.9 Å². The molecule has 1 N–H and O–H groups in total. The molecule has 25 heavy (non-hydrogen) atoms. The van der Waals surface area contributed by atoms with Gasteiger partial charge in [-0.2, -0.15) is 0 Å². The maximum atomic E-state index is 13.0. The Balaban J connectivity index is 2.62. The van der Waals surface area contributed by atoms with Crippen LogP contribution < -0.4 is 9.04 Å². The molecule has 0 radical (unpaired) electrons. The van der Waals surface area contributed by atoms with E-state index in [1.165, 1.54) is 37.4 Å². The molecule has 0 atom stereocenters. The van der Waals surface area contributed by atoms with Gasteiger partial charge in [-0.3, -0.25) is 9.10 Å². The van der Waals surface area contributed by atoms with Gasteiger partial charge in [-0.25, -0.2) is 8.42 Å². The third-order valence-corrected chi connectivity index (χ3v) is 5.95. The van der Waals surface area contributed by atoms with Crippen LogP contribution in [0.5, 0.6) is 5.75 Å². The van der Waals surface area contributed by atoms with Crippen molar-refractivity contribution in [2.75, 3.05) is 18.0 Å². The summed E-state index contributed by atoms with van der Waals surface area (Å²) in [5.41, 5.74) is 0.0456. The summed E-state index contributed by atoms with van der Waals surface area (Å²) in [7, 11) is -2.90. The Kier molecular flexibility index (Phi) is 6.05. The Bertz CT molecular complexity index is 917. The molecule has 0 heterocycles. The van der Waals surface area contributed by atoms with Gasteiger partial charge >= 0.3 is 5.97 Å². The second kappa shape index (κ2) is 7.70. The fourth-order valence-corrected chi connectivity index (χ4v) is 4.44. The van der Waals surface area contributed by atoms with Crippen LogP contribution in [-0.2, 0) is 14.8 Å². The number of hydrogen-bond acceptors (Lipinski definition) is 4. The minimum absolute atomic E-state index is 0.0456. The molecule has 0 aliphatic carbocycles. The molecule has 0 amide bonds. The number of carbonyl (C=O) groups is 1. The molecule has 0 saturated carbocycles. The largest absolute Gasteiger partial charge is 0.495 e. The number of ether oxygens (including phenoxy) is 1. The number of carboxylic acids is 1. The first-order chi connectivity index (χ1) is 11.7. The van der Waals surface area contributed by atoms with Gasteiger partial charge in [0.05, 0.1) is 22.8 Å². The Morgan fingerprint density at radius 1 is 1.12 bits per heavy atom. The number of hydrogen-bond donors (Lipinski definition) is 1. The Labute approximate surface area is 159 Å². The summed E-state index contributed by atoms with van der Waals surface area (Å²) in [4.78, 5) is 10.9. The van der Waals surface area contributed by atoms with Crippen LogP contribution >= 0.6 is 34.8 Å². The quantitative estimate of drug-likeness (QED) is 0.759. The monoisotopic (exact) mass is 423 g/mol. The Hall–Kier alpha value is -1.67. The molecule has 0 aliphatic heterocycles. The van der Waals surface area contributed by atoms with Crippen molar-refractivity contribution in [1.29, 1.82) is 0 Å². The molecule has 2 aromatic carbocycles. The zero-order valence-electron chi connectivity index (χ0n) is 12.7. The molecule has 0 saturated heterocycles. The van der Waals surface area contributed by atoms with E-state index < -0.39 is 22.5 Å². The van der Waals surface area contributed by atoms with Gasteiger partial charge in [-0.1, -0.05) is 34.8 Å². The molecule has 0 spiro atoms. The number of methoxy groups -OCH3 is 1. The van der Waals surface area contributed by atoms with Crippen LogP contribution in [0.25, 0.3) is 0 Å². The lowest BCUT2D eigenvalue weighted by molar-refractivity contribution is -0.135. The summed E-state index contributed by atoms with van der Waals surface area (Å²) >= 11 is 17.8. The van der Waals surface area contributed by atoms with Crippen molar-refractivity contribution < 1.29 is 23.1 Å². The molecule has 10 heteroatoms. The van der Waals surface area contributed by atoms with E-state index in [0.29, 0.717) is 10.1 Å². The van der Waals surface area contributed by atoms with Gasteiger partial charge in [0.1, 0.15) is 17.2 Å². The van der Waals surface area contributed by atoms with E-state index in [2.05, 4.69) is 0 Å². The lowest BCUT2D eigenvalue weighted by atomic mass is 10.3. The predicted molar refractivity (Wildman–Crippen MR) is 96.6 cm³/mol. The summed E-state index contributed by atoms with van der Waals surface area (Å²) < 4.78 is 31.6. The van der Waals surface area contributed by atoms with Gasteiger partial charge in [0.25, 0.3) is 10.0 Å². The highest BCUT2D eigenvalue weighted by molar-refractivity contribution is 7.93. The zero-order chi connectivity index (χ0) is 18.8. The fraction of sp³-hybridized carbons (Fsp3) is 0.133. The second-order valence-electron chi connectivity index (χ2n) is 4.80. The molecule has 0 aromatic heterocycles. The minimum Gasteiger partial charge on any atom is -0.495 e. The van der Waals surface area contributed by atoms with Crippen LogP contribution in [0, 0.1) is 0 Å². The smallest absolute Gasteiger partial charge is 0.324 e. The van der Waals surface area contributed by atoms with Crippen LogP contribution in [-0.4, -0.2) is 33.1 Å². The number of sulfonamides is 1. The average Bonchev–Trinajstić information content (AvgIpc) is 2.54. The van der Waals surface area contributed by atoms with Gasteiger partial charge in [0.15, 0.2) is 0 Å². The lowest BCUT2D eigenvalue weighted by Crippen LogP contribution is -2.36. The molecule has 2 aromatic rings. The number of carboxylic acid groups (broad SMARTS) is 1. The van der Waals surface area contributed by atoms with Crippen LogP contribution in [0.3, 0.4) is 0 Å². The number of benzene rings is 2. The maximum Gasteiger partial charge on any atom is 0.324 e. The molecule has 0 aliphatic rings. The van der Waals surface area contributed by atoms with E-state index in [4.69, 9.17) is 44.6 Å². The van der Waals surface area contributed by atoms with E-state index in [1.54, 1.807) is 0 Å². The number of rotatable bonds is 6. The molecular weight excluding hydrogens is 413 g/mol. The highest BCUT2D eigenvalue weighted by atomic mass is 35.5. The van der Waals surface area contributed by atoms with E-state index in [-0.39, 0.29) is 25.7 Å². The first-order valence-electron chi connectivity index (χ1n) is 6.70. The van der Waals surface area contributed by atoms with Crippen molar-refractivity contribution in [2.45, 2.75) is 4.90 Å². The lowest BCUT2D eigenvalue weighted by Gasteiger charge is -2.24. The third kappa shape index (κ3) is 4.30. The van der Waals surface area contributed by atoms with Gasteiger partial charge in [0, 0.05) is 5.02 Å².